The van der Waals surface area contributed by atoms with Crippen molar-refractivity contribution in [1.29, 1.82) is 0 Å². The maximum atomic E-state index is 12.8. The molecule has 0 saturated heterocycles. The number of carbonyl (C=O) groups is 3. The number of alkyl carbamates (subject to hydrolysis) is 1. The highest BCUT2D eigenvalue weighted by atomic mass is 16.5. The Hall–Kier alpha value is -3.35. The van der Waals surface area contributed by atoms with Crippen molar-refractivity contribution < 1.29 is 24.2 Å². The summed E-state index contributed by atoms with van der Waals surface area (Å²) < 4.78 is 5.67. The van der Waals surface area contributed by atoms with Crippen LogP contribution in [0.3, 0.4) is 0 Å². The maximum Gasteiger partial charge on any atom is 0.407 e. The average molecular weight is 465 g/mol. The molecule has 0 bridgehead atoms. The average Bonchev–Trinajstić information content (AvgIpc) is 3.09. The van der Waals surface area contributed by atoms with E-state index in [1.807, 2.05) is 31.2 Å². The van der Waals surface area contributed by atoms with E-state index in [0.717, 1.165) is 30.4 Å². The van der Waals surface area contributed by atoms with E-state index in [1.165, 1.54) is 16.0 Å². The summed E-state index contributed by atoms with van der Waals surface area (Å²) in [6, 6.07) is 16.0. The van der Waals surface area contributed by atoms with Gasteiger partial charge in [-0.3, -0.25) is 9.59 Å². The van der Waals surface area contributed by atoms with E-state index in [4.69, 9.17) is 9.84 Å². The molecule has 1 unspecified atom stereocenters. The van der Waals surface area contributed by atoms with E-state index < -0.39 is 12.1 Å². The Kier molecular flexibility index (Phi) is 7.50. The number of nitrogens with zero attached hydrogens (tertiary/aromatic N) is 1. The molecule has 2 N–H and O–H groups in total. The summed E-state index contributed by atoms with van der Waals surface area (Å²) >= 11 is 0. The van der Waals surface area contributed by atoms with Gasteiger partial charge in [0.1, 0.15) is 13.2 Å². The van der Waals surface area contributed by atoms with Gasteiger partial charge in [0.05, 0.1) is 0 Å². The lowest BCUT2D eigenvalue weighted by Gasteiger charge is -2.35. The Morgan fingerprint density at radius 2 is 1.68 bits per heavy atom. The summed E-state index contributed by atoms with van der Waals surface area (Å²) in [5, 5.41) is 12.1. The number of nitrogens with one attached hydrogen (secondary N) is 1. The molecule has 2 aliphatic carbocycles. The largest absolute Gasteiger partial charge is 0.480 e. The van der Waals surface area contributed by atoms with Crippen LogP contribution in [0.5, 0.6) is 0 Å². The number of rotatable bonds is 10. The van der Waals surface area contributed by atoms with Gasteiger partial charge in [-0.05, 0) is 47.4 Å². The first-order valence-corrected chi connectivity index (χ1v) is 12.1. The Balaban J connectivity index is 1.39. The van der Waals surface area contributed by atoms with E-state index in [9.17, 15) is 14.4 Å². The molecule has 7 nitrogen and oxygen atoms in total. The number of amides is 2. The lowest BCUT2D eigenvalue weighted by molar-refractivity contribution is -0.144. The minimum absolute atomic E-state index is 0.0300. The molecular weight excluding hydrogens is 432 g/mol. The predicted octanol–water partition coefficient (Wildman–Crippen LogP) is 4.41. The van der Waals surface area contributed by atoms with Crippen LogP contribution >= 0.6 is 0 Å². The van der Waals surface area contributed by atoms with E-state index in [-0.39, 0.29) is 43.4 Å². The van der Waals surface area contributed by atoms with Crippen LogP contribution < -0.4 is 5.32 Å². The van der Waals surface area contributed by atoms with Crippen LogP contribution in [0.2, 0.25) is 0 Å². The fraction of sp³-hybridized carbons (Fsp3) is 0.444. The zero-order valence-electron chi connectivity index (χ0n) is 19.5. The standard InChI is InChI=1S/C27H32N2O5/c1-2-14-29(16-26(31)32)25(30)15-24(18-8-7-9-18)28-27(33)34-17-23-21-12-5-3-10-19(21)20-11-4-6-13-22(20)23/h3-6,10-13,18,23-24H,2,7-9,14-17H2,1H3,(H,28,33)(H,31,32). The zero-order chi connectivity index (χ0) is 24.1. The van der Waals surface area contributed by atoms with Crippen molar-refractivity contribution in [2.24, 2.45) is 5.92 Å². The quantitative estimate of drug-likeness (QED) is 0.543. The van der Waals surface area contributed by atoms with Crippen molar-refractivity contribution >= 4 is 18.0 Å². The van der Waals surface area contributed by atoms with E-state index in [1.54, 1.807) is 0 Å². The first-order valence-electron chi connectivity index (χ1n) is 12.1. The topological polar surface area (TPSA) is 95.9 Å². The van der Waals surface area contributed by atoms with Crippen molar-refractivity contribution in [3.05, 3.63) is 59.7 Å². The van der Waals surface area contributed by atoms with Gasteiger partial charge in [-0.25, -0.2) is 4.79 Å². The number of carboxylic acids is 1. The lowest BCUT2D eigenvalue weighted by Crippen LogP contribution is -2.47. The van der Waals surface area contributed by atoms with Crippen molar-refractivity contribution in [2.75, 3.05) is 19.7 Å². The highest BCUT2D eigenvalue weighted by Gasteiger charge is 2.33. The van der Waals surface area contributed by atoms with Gasteiger partial charge in [-0.15, -0.1) is 0 Å². The number of aliphatic carboxylic acids is 1. The highest BCUT2D eigenvalue weighted by Crippen LogP contribution is 2.44. The second kappa shape index (κ2) is 10.7. The molecule has 1 fully saturated rings. The number of carboxylic acid groups (broad SMARTS) is 1. The van der Waals surface area contributed by atoms with Crippen LogP contribution in [0, 0.1) is 5.92 Å². The molecule has 0 heterocycles. The molecule has 2 aliphatic rings. The Bertz CT molecular complexity index is 1000. The second-order valence-electron chi connectivity index (χ2n) is 9.18. The number of benzene rings is 2. The van der Waals surface area contributed by atoms with E-state index in [0.29, 0.717) is 13.0 Å². The molecule has 2 amide bonds. The van der Waals surface area contributed by atoms with Crippen molar-refractivity contribution in [3.8, 4) is 11.1 Å². The van der Waals surface area contributed by atoms with Gasteiger partial charge < -0.3 is 20.1 Å². The van der Waals surface area contributed by atoms with Gasteiger partial charge in [0.15, 0.2) is 0 Å². The SMILES string of the molecule is CCCN(CC(=O)O)C(=O)CC(NC(=O)OCC1c2ccccc2-c2ccccc21)C1CCC1. The first-order chi connectivity index (χ1) is 16.5. The van der Waals surface area contributed by atoms with Gasteiger partial charge in [0.2, 0.25) is 5.91 Å². The molecule has 4 rings (SSSR count). The van der Waals surface area contributed by atoms with Crippen LogP contribution in [0.4, 0.5) is 4.79 Å². The smallest absolute Gasteiger partial charge is 0.407 e. The number of ether oxygens (including phenoxy) is 1. The van der Waals surface area contributed by atoms with Crippen molar-refractivity contribution in [1.82, 2.24) is 10.2 Å². The summed E-state index contributed by atoms with van der Waals surface area (Å²) in [7, 11) is 0. The minimum Gasteiger partial charge on any atom is -0.480 e. The molecule has 2 aromatic carbocycles. The van der Waals surface area contributed by atoms with Gasteiger partial charge in [-0.1, -0.05) is 61.9 Å². The number of carbonyl (C=O) groups excluding carboxylic acids is 2. The molecule has 1 atom stereocenters. The third-order valence-electron chi connectivity index (χ3n) is 6.93. The van der Waals surface area contributed by atoms with Crippen LogP contribution in [-0.2, 0) is 14.3 Å². The van der Waals surface area contributed by atoms with Crippen LogP contribution in [0.15, 0.2) is 48.5 Å². The second-order valence-corrected chi connectivity index (χ2v) is 9.18. The molecule has 0 spiro atoms. The number of hydrogen-bond donors (Lipinski definition) is 2. The summed E-state index contributed by atoms with van der Waals surface area (Å²) in [4.78, 5) is 38.1. The molecular formula is C27H32N2O5. The third-order valence-corrected chi connectivity index (χ3v) is 6.93. The minimum atomic E-state index is -1.04. The summed E-state index contributed by atoms with van der Waals surface area (Å²) in [5.74, 6) is -1.11. The molecule has 180 valence electrons. The predicted molar refractivity (Wildman–Crippen MR) is 128 cm³/mol. The van der Waals surface area contributed by atoms with Crippen LogP contribution in [0.25, 0.3) is 11.1 Å². The van der Waals surface area contributed by atoms with Crippen LogP contribution in [-0.4, -0.2) is 53.7 Å². The summed E-state index contributed by atoms with van der Waals surface area (Å²) in [5.41, 5.74) is 4.62. The Morgan fingerprint density at radius 3 is 2.21 bits per heavy atom. The fourth-order valence-electron chi connectivity index (χ4n) is 5.01. The van der Waals surface area contributed by atoms with Gasteiger partial charge in [0, 0.05) is 24.9 Å². The monoisotopic (exact) mass is 464 g/mol. The fourth-order valence-corrected chi connectivity index (χ4v) is 5.01. The Labute approximate surface area is 200 Å². The van der Waals surface area contributed by atoms with Gasteiger partial charge in [-0.2, -0.15) is 0 Å². The van der Waals surface area contributed by atoms with Crippen LogP contribution in [0.1, 0.15) is 56.1 Å². The third kappa shape index (κ3) is 5.24. The van der Waals surface area contributed by atoms with E-state index in [2.05, 4.69) is 29.6 Å². The normalized spacial score (nSPS) is 15.6. The van der Waals surface area contributed by atoms with Gasteiger partial charge >= 0.3 is 12.1 Å². The lowest BCUT2D eigenvalue weighted by atomic mass is 9.78. The van der Waals surface area contributed by atoms with E-state index >= 15 is 0 Å². The van der Waals surface area contributed by atoms with Crippen molar-refractivity contribution in [2.45, 2.75) is 51.0 Å². The highest BCUT2D eigenvalue weighted by molar-refractivity contribution is 5.82. The summed E-state index contributed by atoms with van der Waals surface area (Å²) in [6.45, 7) is 2.18. The number of hydrogen-bond acceptors (Lipinski definition) is 4. The first kappa shape index (κ1) is 23.8. The summed E-state index contributed by atoms with van der Waals surface area (Å²) in [6.07, 6.45) is 3.17. The molecule has 7 heteroatoms. The Morgan fingerprint density at radius 1 is 1.06 bits per heavy atom. The molecule has 1 saturated carbocycles. The zero-order valence-corrected chi connectivity index (χ0v) is 19.5. The maximum absolute atomic E-state index is 12.8. The molecule has 34 heavy (non-hydrogen) atoms. The molecule has 0 aliphatic heterocycles. The molecule has 0 aromatic heterocycles. The number of fused-ring (bicyclic) bond motifs is 3. The molecule has 2 aromatic rings. The van der Waals surface area contributed by atoms with Gasteiger partial charge in [0.25, 0.3) is 0 Å². The van der Waals surface area contributed by atoms with Crippen molar-refractivity contribution in [3.63, 3.8) is 0 Å². The molecule has 0 radical (unpaired) electrons.